The van der Waals surface area contributed by atoms with Crippen LogP contribution in [0.5, 0.6) is 0 Å². The van der Waals surface area contributed by atoms with Gasteiger partial charge in [-0.2, -0.15) is 5.10 Å². The van der Waals surface area contributed by atoms with Gasteiger partial charge in [-0.05, 0) is 38.3 Å². The minimum absolute atomic E-state index is 0.171. The molecule has 0 aliphatic heterocycles. The molecule has 0 saturated heterocycles. The topological polar surface area (TPSA) is 67.2 Å². The molecule has 1 atom stereocenters. The molecule has 1 N–H and O–H groups in total. The Labute approximate surface area is 131 Å². The zero-order valence-electron chi connectivity index (χ0n) is 12.0. The molecule has 0 fully saturated rings. The first kappa shape index (κ1) is 15.7. The van der Waals surface area contributed by atoms with E-state index in [0.717, 1.165) is 16.3 Å². The lowest BCUT2D eigenvalue weighted by Crippen LogP contribution is -2.27. The number of thioether (sulfide) groups is 1. The van der Waals surface area contributed by atoms with Crippen molar-refractivity contribution in [1.82, 2.24) is 15.4 Å². The maximum Gasteiger partial charge on any atom is 0.253 e. The number of hydrazone groups is 1. The Morgan fingerprint density at radius 1 is 1.43 bits per heavy atom. The van der Waals surface area contributed by atoms with Crippen LogP contribution in [-0.2, 0) is 4.79 Å². The van der Waals surface area contributed by atoms with Crippen LogP contribution in [0.4, 0.5) is 0 Å². The second-order valence-electron chi connectivity index (χ2n) is 4.44. The lowest BCUT2D eigenvalue weighted by molar-refractivity contribution is -0.120. The maximum atomic E-state index is 11.9. The average Bonchev–Trinajstić information content (AvgIpc) is 2.90. The van der Waals surface area contributed by atoms with Gasteiger partial charge >= 0.3 is 0 Å². The monoisotopic (exact) mass is 320 g/mol. The van der Waals surface area contributed by atoms with Crippen LogP contribution in [0.25, 0.3) is 0 Å². The first-order chi connectivity index (χ1) is 10.0. The normalized spacial score (nSPS) is 12.5. The molecular weight excluding hydrogens is 304 g/mol. The van der Waals surface area contributed by atoms with E-state index in [1.807, 2.05) is 44.4 Å². The molecule has 0 spiro atoms. The number of nitrogens with zero attached hydrogens (tertiary/aromatic N) is 3. The smallest absolute Gasteiger partial charge is 0.253 e. The summed E-state index contributed by atoms with van der Waals surface area (Å²) in [5.41, 5.74) is 4.32. The van der Waals surface area contributed by atoms with E-state index < -0.39 is 0 Å². The van der Waals surface area contributed by atoms with Gasteiger partial charge in [0.2, 0.25) is 0 Å². The van der Waals surface area contributed by atoms with Crippen LogP contribution in [-0.4, -0.2) is 27.3 Å². The van der Waals surface area contributed by atoms with Crippen molar-refractivity contribution in [3.8, 4) is 0 Å². The molecule has 2 rings (SSSR count). The van der Waals surface area contributed by atoms with E-state index >= 15 is 0 Å². The Balaban J connectivity index is 1.90. The molecule has 2 aromatic rings. The van der Waals surface area contributed by atoms with Crippen LogP contribution in [0.1, 0.15) is 23.2 Å². The van der Waals surface area contributed by atoms with Crippen molar-refractivity contribution in [2.75, 3.05) is 0 Å². The largest absolute Gasteiger partial charge is 0.272 e. The second-order valence-corrected chi connectivity index (χ2v) is 6.73. The average molecular weight is 320 g/mol. The number of carbonyl (C=O) groups excluding carboxylic acids is 1. The highest BCUT2D eigenvalue weighted by Crippen LogP contribution is 2.20. The van der Waals surface area contributed by atoms with Crippen LogP contribution < -0.4 is 5.43 Å². The summed E-state index contributed by atoms with van der Waals surface area (Å²) in [6.07, 6.45) is 1.63. The fourth-order valence-electron chi connectivity index (χ4n) is 1.57. The van der Waals surface area contributed by atoms with E-state index in [1.54, 1.807) is 17.6 Å². The van der Waals surface area contributed by atoms with Crippen molar-refractivity contribution < 1.29 is 4.79 Å². The third kappa shape index (κ3) is 4.95. The standard InChI is InChI=1S/C14H16N4OS2/c1-9-7-10(2)17-14(16-9)21-11(3)13(19)18-15-8-12-5-4-6-20-12/h4-8,11H,1-3H3,(H,18,19). The molecule has 5 nitrogen and oxygen atoms in total. The highest BCUT2D eigenvalue weighted by molar-refractivity contribution is 8.00. The quantitative estimate of drug-likeness (QED) is 0.398. The summed E-state index contributed by atoms with van der Waals surface area (Å²) < 4.78 is 0. The van der Waals surface area contributed by atoms with Crippen molar-refractivity contribution in [1.29, 1.82) is 0 Å². The lowest BCUT2D eigenvalue weighted by Gasteiger charge is -2.08. The predicted molar refractivity (Wildman–Crippen MR) is 86.9 cm³/mol. The first-order valence-corrected chi connectivity index (χ1v) is 8.16. The minimum Gasteiger partial charge on any atom is -0.272 e. The molecule has 0 saturated carbocycles. The third-order valence-electron chi connectivity index (χ3n) is 2.52. The number of aromatic nitrogens is 2. The van der Waals surface area contributed by atoms with Crippen LogP contribution in [0.3, 0.4) is 0 Å². The summed E-state index contributed by atoms with van der Waals surface area (Å²) in [6.45, 7) is 5.63. The molecule has 1 amide bonds. The van der Waals surface area contributed by atoms with Gasteiger partial charge in [0, 0.05) is 16.3 Å². The van der Waals surface area contributed by atoms with Crippen LogP contribution in [0, 0.1) is 13.8 Å². The number of carbonyl (C=O) groups is 1. The summed E-state index contributed by atoms with van der Waals surface area (Å²) in [4.78, 5) is 21.6. The van der Waals surface area contributed by atoms with Crippen molar-refractivity contribution >= 4 is 35.2 Å². The number of rotatable bonds is 5. The van der Waals surface area contributed by atoms with E-state index in [4.69, 9.17) is 0 Å². The van der Waals surface area contributed by atoms with E-state index in [9.17, 15) is 4.79 Å². The second kappa shape index (κ2) is 7.33. The third-order valence-corrected chi connectivity index (χ3v) is 4.29. The number of hydrogen-bond acceptors (Lipinski definition) is 6. The molecular formula is C14H16N4OS2. The highest BCUT2D eigenvalue weighted by atomic mass is 32.2. The summed E-state index contributed by atoms with van der Waals surface area (Å²) in [7, 11) is 0. The van der Waals surface area contributed by atoms with E-state index in [-0.39, 0.29) is 11.2 Å². The molecule has 0 aromatic carbocycles. The SMILES string of the molecule is Cc1cc(C)nc(SC(C)C(=O)NN=Cc2cccs2)n1. The van der Waals surface area contributed by atoms with Gasteiger partial charge < -0.3 is 0 Å². The Morgan fingerprint density at radius 2 is 2.14 bits per heavy atom. The van der Waals surface area contributed by atoms with E-state index in [1.165, 1.54) is 11.8 Å². The van der Waals surface area contributed by atoms with Gasteiger partial charge in [-0.25, -0.2) is 15.4 Å². The molecule has 0 radical (unpaired) electrons. The van der Waals surface area contributed by atoms with Crippen LogP contribution >= 0.6 is 23.1 Å². The van der Waals surface area contributed by atoms with Gasteiger partial charge in [-0.15, -0.1) is 11.3 Å². The summed E-state index contributed by atoms with van der Waals surface area (Å²) in [5, 5.41) is 6.20. The van der Waals surface area contributed by atoms with Crippen LogP contribution in [0.15, 0.2) is 33.8 Å². The van der Waals surface area contributed by atoms with Gasteiger partial charge in [0.05, 0.1) is 11.5 Å². The zero-order valence-corrected chi connectivity index (χ0v) is 13.7. The van der Waals surface area contributed by atoms with E-state index in [2.05, 4.69) is 20.5 Å². The van der Waals surface area contributed by atoms with Gasteiger partial charge in [0.15, 0.2) is 5.16 Å². The van der Waals surface area contributed by atoms with Gasteiger partial charge in [-0.3, -0.25) is 4.79 Å². The minimum atomic E-state index is -0.313. The number of aryl methyl sites for hydroxylation is 2. The molecule has 110 valence electrons. The zero-order chi connectivity index (χ0) is 15.2. The molecule has 0 aliphatic carbocycles. The Hall–Kier alpha value is -1.73. The molecule has 2 heterocycles. The molecule has 0 aliphatic rings. The Kier molecular flexibility index (Phi) is 5.46. The Morgan fingerprint density at radius 3 is 2.76 bits per heavy atom. The van der Waals surface area contributed by atoms with Crippen molar-refractivity contribution in [3.05, 3.63) is 39.8 Å². The molecule has 21 heavy (non-hydrogen) atoms. The first-order valence-electron chi connectivity index (χ1n) is 6.40. The number of hydrogen-bond donors (Lipinski definition) is 1. The number of nitrogens with one attached hydrogen (secondary N) is 1. The summed E-state index contributed by atoms with van der Waals surface area (Å²) in [5.74, 6) is -0.171. The maximum absolute atomic E-state index is 11.9. The van der Waals surface area contributed by atoms with Gasteiger partial charge in [0.1, 0.15) is 0 Å². The number of amides is 1. The van der Waals surface area contributed by atoms with Crippen molar-refractivity contribution in [3.63, 3.8) is 0 Å². The fourth-order valence-corrected chi connectivity index (χ4v) is 3.03. The number of thiophene rings is 1. The van der Waals surface area contributed by atoms with Crippen molar-refractivity contribution in [2.45, 2.75) is 31.2 Å². The van der Waals surface area contributed by atoms with Crippen molar-refractivity contribution in [2.24, 2.45) is 5.10 Å². The molecule has 7 heteroatoms. The van der Waals surface area contributed by atoms with Crippen LogP contribution in [0.2, 0.25) is 0 Å². The Bertz CT molecular complexity index is 620. The van der Waals surface area contributed by atoms with Gasteiger partial charge in [0.25, 0.3) is 5.91 Å². The molecule has 2 aromatic heterocycles. The summed E-state index contributed by atoms with van der Waals surface area (Å²) >= 11 is 2.89. The molecule has 1 unspecified atom stereocenters. The summed E-state index contributed by atoms with van der Waals surface area (Å²) in [6, 6.07) is 5.77. The lowest BCUT2D eigenvalue weighted by atomic mass is 10.4. The van der Waals surface area contributed by atoms with E-state index in [0.29, 0.717) is 5.16 Å². The predicted octanol–water partition coefficient (Wildman–Crippen LogP) is 2.79. The highest BCUT2D eigenvalue weighted by Gasteiger charge is 2.15. The van der Waals surface area contributed by atoms with Gasteiger partial charge in [-0.1, -0.05) is 17.8 Å². The fraction of sp³-hybridized carbons (Fsp3) is 0.286. The molecule has 0 bridgehead atoms.